The van der Waals surface area contributed by atoms with E-state index in [2.05, 4.69) is 16.0 Å². The quantitative estimate of drug-likeness (QED) is 0.758. The van der Waals surface area contributed by atoms with Gasteiger partial charge in [0.1, 0.15) is 0 Å². The summed E-state index contributed by atoms with van der Waals surface area (Å²) in [5, 5.41) is 8.62. The number of carbonyl (C=O) groups is 1. The Morgan fingerprint density at radius 2 is 1.96 bits per heavy atom. The first-order valence-electron chi connectivity index (χ1n) is 9.01. The highest BCUT2D eigenvalue weighted by molar-refractivity contribution is 7.12. The Morgan fingerprint density at radius 3 is 2.64 bits per heavy atom. The molecule has 3 aliphatic carbocycles. The van der Waals surface area contributed by atoms with Gasteiger partial charge in [-0.2, -0.15) is 0 Å². The second-order valence-corrected chi connectivity index (χ2v) is 8.56. The SMILES string of the molecule is Cl.O=C(NC1CCC(F)(F)CC1)c1cc(C2CC2NCC2CC2)cs1. The maximum atomic E-state index is 13.2. The lowest BCUT2D eigenvalue weighted by molar-refractivity contribution is -0.0399. The van der Waals surface area contributed by atoms with E-state index in [1.165, 1.54) is 29.7 Å². The Kier molecular flexibility index (Phi) is 5.71. The Hall–Kier alpha value is -0.720. The van der Waals surface area contributed by atoms with Gasteiger partial charge in [-0.15, -0.1) is 23.7 Å². The largest absolute Gasteiger partial charge is 0.349 e. The minimum atomic E-state index is -2.55. The molecule has 1 aromatic rings. The van der Waals surface area contributed by atoms with Crippen LogP contribution in [0.5, 0.6) is 0 Å². The number of hydrogen-bond acceptors (Lipinski definition) is 3. The van der Waals surface area contributed by atoms with Crippen molar-refractivity contribution in [3.05, 3.63) is 21.9 Å². The number of alkyl halides is 2. The summed E-state index contributed by atoms with van der Waals surface area (Å²) in [7, 11) is 0. The van der Waals surface area contributed by atoms with Crippen LogP contribution in [0.2, 0.25) is 0 Å². The molecule has 7 heteroatoms. The van der Waals surface area contributed by atoms with Gasteiger partial charge in [-0.3, -0.25) is 4.79 Å². The molecule has 0 bridgehead atoms. The molecule has 2 atom stereocenters. The molecule has 2 N–H and O–H groups in total. The van der Waals surface area contributed by atoms with Crippen LogP contribution in [0.25, 0.3) is 0 Å². The molecular formula is C18H25ClF2N2OS. The molecule has 0 aromatic carbocycles. The monoisotopic (exact) mass is 390 g/mol. The predicted molar refractivity (Wildman–Crippen MR) is 98.1 cm³/mol. The summed E-state index contributed by atoms with van der Waals surface area (Å²) in [5.74, 6) is -1.23. The molecule has 1 amide bonds. The van der Waals surface area contributed by atoms with Crippen LogP contribution >= 0.6 is 23.7 Å². The summed E-state index contributed by atoms with van der Waals surface area (Å²) in [6, 6.07) is 2.44. The first kappa shape index (κ1) is 19.1. The van der Waals surface area contributed by atoms with Crippen molar-refractivity contribution in [2.45, 2.75) is 68.9 Å². The lowest BCUT2D eigenvalue weighted by Gasteiger charge is -2.28. The standard InChI is InChI=1S/C18H24F2N2OS.ClH/c19-18(20)5-3-13(4-6-18)22-17(23)16-7-12(10-24-16)14-8-15(14)21-9-11-1-2-11;/h7,10-11,13-15,21H,1-6,8-9H2,(H,22,23);1H. The highest BCUT2D eigenvalue weighted by Crippen LogP contribution is 2.43. The number of halogens is 3. The van der Waals surface area contributed by atoms with E-state index in [4.69, 9.17) is 0 Å². The molecule has 25 heavy (non-hydrogen) atoms. The van der Waals surface area contributed by atoms with Crippen LogP contribution in [0.1, 0.15) is 66.1 Å². The van der Waals surface area contributed by atoms with Gasteiger partial charge in [0.05, 0.1) is 4.88 Å². The van der Waals surface area contributed by atoms with Gasteiger partial charge in [0.15, 0.2) is 0 Å². The molecule has 4 rings (SSSR count). The predicted octanol–water partition coefficient (Wildman–Crippen LogP) is 4.33. The fraction of sp³-hybridized carbons (Fsp3) is 0.722. The van der Waals surface area contributed by atoms with Crippen LogP contribution in [0.15, 0.2) is 11.4 Å². The number of thiophene rings is 1. The van der Waals surface area contributed by atoms with E-state index in [0.717, 1.165) is 18.9 Å². The molecular weight excluding hydrogens is 366 g/mol. The smallest absolute Gasteiger partial charge is 0.261 e. The van der Waals surface area contributed by atoms with Crippen LogP contribution < -0.4 is 10.6 Å². The Bertz CT molecular complexity index is 610. The molecule has 3 saturated carbocycles. The van der Waals surface area contributed by atoms with E-state index in [1.807, 2.05) is 6.07 Å². The summed E-state index contributed by atoms with van der Waals surface area (Å²) in [4.78, 5) is 13.0. The maximum Gasteiger partial charge on any atom is 0.261 e. The van der Waals surface area contributed by atoms with Gasteiger partial charge in [0.25, 0.3) is 5.91 Å². The van der Waals surface area contributed by atoms with Crippen LogP contribution in [0.3, 0.4) is 0 Å². The second kappa shape index (κ2) is 7.49. The zero-order valence-electron chi connectivity index (χ0n) is 14.1. The van der Waals surface area contributed by atoms with Crippen LogP contribution in [-0.4, -0.2) is 30.5 Å². The van der Waals surface area contributed by atoms with Gasteiger partial charge >= 0.3 is 0 Å². The number of carbonyl (C=O) groups excluding carboxylic acids is 1. The number of rotatable bonds is 6. The first-order valence-corrected chi connectivity index (χ1v) is 9.89. The van der Waals surface area contributed by atoms with E-state index < -0.39 is 5.92 Å². The van der Waals surface area contributed by atoms with Gasteiger partial charge in [0.2, 0.25) is 5.92 Å². The van der Waals surface area contributed by atoms with Crippen molar-refractivity contribution in [3.8, 4) is 0 Å². The molecule has 3 fully saturated rings. The minimum absolute atomic E-state index is 0. The Morgan fingerprint density at radius 1 is 1.24 bits per heavy atom. The fourth-order valence-corrected chi connectivity index (χ4v) is 4.41. The van der Waals surface area contributed by atoms with Gasteiger partial charge in [-0.05, 0) is 61.6 Å². The van der Waals surface area contributed by atoms with Crippen molar-refractivity contribution in [3.63, 3.8) is 0 Å². The molecule has 1 aromatic heterocycles. The molecule has 0 radical (unpaired) electrons. The average Bonchev–Trinajstić information content (AvgIpc) is 3.46. The average molecular weight is 391 g/mol. The third-order valence-corrected chi connectivity index (χ3v) is 6.43. The van der Waals surface area contributed by atoms with E-state index >= 15 is 0 Å². The molecule has 0 saturated heterocycles. The number of nitrogens with one attached hydrogen (secondary N) is 2. The van der Waals surface area contributed by atoms with Crippen molar-refractivity contribution < 1.29 is 13.6 Å². The van der Waals surface area contributed by atoms with Crippen LogP contribution in [0, 0.1) is 5.92 Å². The van der Waals surface area contributed by atoms with Crippen molar-refractivity contribution >= 4 is 29.7 Å². The number of hydrogen-bond donors (Lipinski definition) is 2. The van der Waals surface area contributed by atoms with Crippen LogP contribution in [-0.2, 0) is 0 Å². The zero-order valence-corrected chi connectivity index (χ0v) is 15.7. The van der Waals surface area contributed by atoms with Gasteiger partial charge in [0, 0.05) is 30.8 Å². The lowest BCUT2D eigenvalue weighted by atomic mass is 9.92. The Balaban J connectivity index is 0.00000182. The molecule has 0 spiro atoms. The van der Waals surface area contributed by atoms with E-state index in [9.17, 15) is 13.6 Å². The molecule has 3 aliphatic rings. The fourth-order valence-electron chi connectivity index (χ4n) is 3.53. The molecule has 2 unspecified atom stereocenters. The highest BCUT2D eigenvalue weighted by Gasteiger charge is 2.40. The lowest BCUT2D eigenvalue weighted by Crippen LogP contribution is -2.40. The van der Waals surface area contributed by atoms with Crippen LogP contribution in [0.4, 0.5) is 8.78 Å². The summed E-state index contributed by atoms with van der Waals surface area (Å²) in [6.07, 6.45) is 4.37. The van der Waals surface area contributed by atoms with Gasteiger partial charge < -0.3 is 10.6 Å². The summed E-state index contributed by atoms with van der Waals surface area (Å²) >= 11 is 1.47. The normalized spacial score (nSPS) is 28.2. The molecule has 1 heterocycles. The van der Waals surface area contributed by atoms with E-state index in [1.54, 1.807) is 0 Å². The Labute approximate surface area is 157 Å². The minimum Gasteiger partial charge on any atom is -0.349 e. The third-order valence-electron chi connectivity index (χ3n) is 5.48. The molecule has 0 aliphatic heterocycles. The van der Waals surface area contributed by atoms with Crippen molar-refractivity contribution in [1.29, 1.82) is 0 Å². The highest BCUT2D eigenvalue weighted by atomic mass is 35.5. The van der Waals surface area contributed by atoms with Gasteiger partial charge in [-0.1, -0.05) is 0 Å². The summed E-state index contributed by atoms with van der Waals surface area (Å²) in [6.45, 7) is 1.13. The molecule has 3 nitrogen and oxygen atoms in total. The van der Waals surface area contributed by atoms with E-state index in [0.29, 0.717) is 29.7 Å². The summed E-state index contributed by atoms with van der Waals surface area (Å²) < 4.78 is 26.3. The van der Waals surface area contributed by atoms with Gasteiger partial charge in [-0.25, -0.2) is 8.78 Å². The van der Waals surface area contributed by atoms with Crippen molar-refractivity contribution in [2.75, 3.05) is 6.54 Å². The maximum absolute atomic E-state index is 13.2. The second-order valence-electron chi connectivity index (χ2n) is 7.65. The third kappa shape index (κ3) is 4.92. The van der Waals surface area contributed by atoms with E-state index in [-0.39, 0.29) is 37.2 Å². The van der Waals surface area contributed by atoms with Crippen molar-refractivity contribution in [2.24, 2.45) is 5.92 Å². The zero-order chi connectivity index (χ0) is 16.7. The molecule has 140 valence electrons. The number of amides is 1. The first-order chi connectivity index (χ1) is 11.5. The topological polar surface area (TPSA) is 41.1 Å². The van der Waals surface area contributed by atoms with Crippen molar-refractivity contribution in [1.82, 2.24) is 10.6 Å². The summed E-state index contributed by atoms with van der Waals surface area (Å²) in [5.41, 5.74) is 1.24.